The highest BCUT2D eigenvalue weighted by Crippen LogP contribution is 2.30. The summed E-state index contributed by atoms with van der Waals surface area (Å²) in [6.07, 6.45) is 0. The van der Waals surface area contributed by atoms with Crippen molar-refractivity contribution < 1.29 is 17.7 Å². The second kappa shape index (κ2) is 9.16. The Bertz CT molecular complexity index is 1240. The molecule has 0 amide bonds. The van der Waals surface area contributed by atoms with Gasteiger partial charge in [0.2, 0.25) is 10.0 Å². The molecule has 1 heterocycles. The van der Waals surface area contributed by atoms with Gasteiger partial charge in [0.1, 0.15) is 5.75 Å². The number of para-hydroxylation sites is 1. The molecule has 0 bridgehead atoms. The Morgan fingerprint density at radius 1 is 0.871 bits per heavy atom. The largest absolute Gasteiger partial charge is 0.496 e. The molecule has 0 aliphatic heterocycles. The van der Waals surface area contributed by atoms with E-state index < -0.39 is 10.0 Å². The van der Waals surface area contributed by atoms with Gasteiger partial charge in [0, 0.05) is 12.6 Å². The lowest BCUT2D eigenvalue weighted by atomic mass is 10.1. The van der Waals surface area contributed by atoms with Gasteiger partial charge in [-0.2, -0.15) is 4.31 Å². The Morgan fingerprint density at radius 3 is 2.23 bits per heavy atom. The van der Waals surface area contributed by atoms with E-state index in [0.29, 0.717) is 17.2 Å². The maximum atomic E-state index is 13.4. The molecule has 6 nitrogen and oxygen atoms in total. The Hall–Kier alpha value is -3.42. The molecule has 4 rings (SSSR count). The molecule has 0 unspecified atom stereocenters. The minimum absolute atomic E-state index is 0.0742. The van der Waals surface area contributed by atoms with E-state index in [-0.39, 0.29) is 18.0 Å². The normalized spacial score (nSPS) is 11.5. The second-order valence-corrected chi connectivity index (χ2v) is 8.89. The highest BCUT2D eigenvalue weighted by molar-refractivity contribution is 7.89. The highest BCUT2D eigenvalue weighted by Gasteiger charge is 2.26. The van der Waals surface area contributed by atoms with E-state index in [1.54, 1.807) is 43.5 Å². The molecule has 0 radical (unpaired) electrons. The molecule has 0 saturated heterocycles. The molecule has 0 saturated carbocycles. The summed E-state index contributed by atoms with van der Waals surface area (Å²) in [5, 5.41) is 4.12. The molecule has 3 aromatic carbocycles. The second-order valence-electron chi connectivity index (χ2n) is 6.95. The zero-order valence-corrected chi connectivity index (χ0v) is 17.8. The molecule has 0 aliphatic carbocycles. The van der Waals surface area contributed by atoms with Crippen molar-refractivity contribution in [3.8, 4) is 17.1 Å². The fourth-order valence-electron chi connectivity index (χ4n) is 3.30. The minimum Gasteiger partial charge on any atom is -0.496 e. The third kappa shape index (κ3) is 4.68. The lowest BCUT2D eigenvalue weighted by Gasteiger charge is -2.21. The maximum absolute atomic E-state index is 13.4. The number of benzene rings is 3. The molecule has 7 heteroatoms. The van der Waals surface area contributed by atoms with Crippen molar-refractivity contribution in [3.05, 3.63) is 102 Å². The van der Waals surface area contributed by atoms with Crippen molar-refractivity contribution in [2.45, 2.75) is 18.0 Å². The SMILES string of the molecule is COc1ccccc1-c1cc(CN(Cc2ccccc2)S(=O)(=O)c2ccccc2)no1. The molecule has 158 valence electrons. The predicted molar refractivity (Wildman–Crippen MR) is 118 cm³/mol. The quantitative estimate of drug-likeness (QED) is 0.400. The molecule has 1 aromatic heterocycles. The molecule has 0 fully saturated rings. The van der Waals surface area contributed by atoms with Crippen LogP contribution in [0.1, 0.15) is 11.3 Å². The maximum Gasteiger partial charge on any atom is 0.243 e. The monoisotopic (exact) mass is 434 g/mol. The average Bonchev–Trinajstić information content (AvgIpc) is 3.28. The van der Waals surface area contributed by atoms with Crippen LogP contribution in [0.5, 0.6) is 5.75 Å². The predicted octanol–water partition coefficient (Wildman–Crippen LogP) is 4.74. The molecule has 0 spiro atoms. The van der Waals surface area contributed by atoms with Crippen LogP contribution in [0.25, 0.3) is 11.3 Å². The molecular weight excluding hydrogens is 412 g/mol. The lowest BCUT2D eigenvalue weighted by Crippen LogP contribution is -2.30. The van der Waals surface area contributed by atoms with Crippen LogP contribution in [0.2, 0.25) is 0 Å². The van der Waals surface area contributed by atoms with Gasteiger partial charge in [-0.1, -0.05) is 65.8 Å². The van der Waals surface area contributed by atoms with Crippen LogP contribution in [-0.4, -0.2) is 25.0 Å². The van der Waals surface area contributed by atoms with E-state index in [1.807, 2.05) is 54.6 Å². The molecule has 0 atom stereocenters. The van der Waals surface area contributed by atoms with Gasteiger partial charge in [0.05, 0.1) is 29.8 Å². The first-order valence-corrected chi connectivity index (χ1v) is 11.2. The van der Waals surface area contributed by atoms with Gasteiger partial charge < -0.3 is 9.26 Å². The van der Waals surface area contributed by atoms with E-state index in [0.717, 1.165) is 11.1 Å². The number of sulfonamides is 1. The molecule has 31 heavy (non-hydrogen) atoms. The minimum atomic E-state index is -3.74. The first kappa shape index (κ1) is 20.8. The zero-order chi connectivity index (χ0) is 21.7. The third-order valence-electron chi connectivity index (χ3n) is 4.85. The van der Waals surface area contributed by atoms with Crippen molar-refractivity contribution in [2.24, 2.45) is 0 Å². The molecule has 0 N–H and O–H groups in total. The van der Waals surface area contributed by atoms with Crippen molar-refractivity contribution in [1.82, 2.24) is 9.46 Å². The number of methoxy groups -OCH3 is 1. The fourth-order valence-corrected chi connectivity index (χ4v) is 4.72. The number of hydrogen-bond acceptors (Lipinski definition) is 5. The Morgan fingerprint density at radius 2 is 1.52 bits per heavy atom. The van der Waals surface area contributed by atoms with Gasteiger partial charge in [-0.25, -0.2) is 8.42 Å². The number of ether oxygens (including phenoxy) is 1. The van der Waals surface area contributed by atoms with Gasteiger partial charge in [-0.3, -0.25) is 0 Å². The summed E-state index contributed by atoms with van der Waals surface area (Å²) in [6, 6.07) is 27.1. The Labute approximate surface area is 181 Å². The van der Waals surface area contributed by atoms with Crippen LogP contribution in [0, 0.1) is 0 Å². The van der Waals surface area contributed by atoms with Crippen molar-refractivity contribution in [3.63, 3.8) is 0 Å². The van der Waals surface area contributed by atoms with E-state index in [2.05, 4.69) is 5.16 Å². The van der Waals surface area contributed by atoms with Gasteiger partial charge in [-0.15, -0.1) is 0 Å². The Balaban J connectivity index is 1.66. The third-order valence-corrected chi connectivity index (χ3v) is 6.66. The number of nitrogens with zero attached hydrogens (tertiary/aromatic N) is 2. The number of rotatable bonds is 8. The van der Waals surface area contributed by atoms with E-state index in [9.17, 15) is 8.42 Å². The van der Waals surface area contributed by atoms with Crippen LogP contribution in [0.4, 0.5) is 0 Å². The van der Waals surface area contributed by atoms with Crippen LogP contribution >= 0.6 is 0 Å². The summed E-state index contributed by atoms with van der Waals surface area (Å²) >= 11 is 0. The average molecular weight is 435 g/mol. The van der Waals surface area contributed by atoms with Crippen LogP contribution < -0.4 is 4.74 Å². The van der Waals surface area contributed by atoms with Crippen LogP contribution in [0.3, 0.4) is 0 Å². The number of aromatic nitrogens is 1. The molecule has 0 aliphatic rings. The van der Waals surface area contributed by atoms with Gasteiger partial charge in [0.15, 0.2) is 5.76 Å². The van der Waals surface area contributed by atoms with Gasteiger partial charge in [-0.05, 0) is 29.8 Å². The lowest BCUT2D eigenvalue weighted by molar-refractivity contribution is 0.370. The van der Waals surface area contributed by atoms with Crippen LogP contribution in [-0.2, 0) is 23.1 Å². The molecule has 4 aromatic rings. The van der Waals surface area contributed by atoms with E-state index in [1.165, 1.54) is 4.31 Å². The van der Waals surface area contributed by atoms with E-state index in [4.69, 9.17) is 9.26 Å². The number of hydrogen-bond donors (Lipinski definition) is 0. The Kier molecular flexibility index (Phi) is 6.16. The summed E-state index contributed by atoms with van der Waals surface area (Å²) in [5.74, 6) is 1.17. The summed E-state index contributed by atoms with van der Waals surface area (Å²) in [5.41, 5.74) is 2.15. The smallest absolute Gasteiger partial charge is 0.243 e. The molecular formula is C24H22N2O4S. The summed E-state index contributed by atoms with van der Waals surface area (Å²) in [7, 11) is -2.15. The summed E-state index contributed by atoms with van der Waals surface area (Å²) in [6.45, 7) is 0.291. The van der Waals surface area contributed by atoms with Crippen LogP contribution in [0.15, 0.2) is 100 Å². The zero-order valence-electron chi connectivity index (χ0n) is 17.0. The topological polar surface area (TPSA) is 72.6 Å². The first-order valence-electron chi connectivity index (χ1n) is 9.76. The standard InChI is InChI=1S/C24H22N2O4S/c1-29-23-15-9-8-14-22(23)24-16-20(25-30-24)18-26(17-19-10-4-2-5-11-19)31(27,28)21-12-6-3-7-13-21/h2-16H,17-18H2,1H3. The van der Waals surface area contributed by atoms with Crippen molar-refractivity contribution in [2.75, 3.05) is 7.11 Å². The van der Waals surface area contributed by atoms with Crippen molar-refractivity contribution in [1.29, 1.82) is 0 Å². The van der Waals surface area contributed by atoms with E-state index >= 15 is 0 Å². The first-order chi connectivity index (χ1) is 15.1. The van der Waals surface area contributed by atoms with Gasteiger partial charge >= 0.3 is 0 Å². The fraction of sp³-hybridized carbons (Fsp3) is 0.125. The summed E-state index contributed by atoms with van der Waals surface area (Å²) in [4.78, 5) is 0.236. The highest BCUT2D eigenvalue weighted by atomic mass is 32.2. The van der Waals surface area contributed by atoms with Gasteiger partial charge in [0.25, 0.3) is 0 Å². The van der Waals surface area contributed by atoms with Crippen molar-refractivity contribution >= 4 is 10.0 Å². The summed E-state index contributed by atoms with van der Waals surface area (Å²) < 4.78 is 39.0.